The number of amides is 2. The first-order chi connectivity index (χ1) is 12.0. The molecule has 0 unspecified atom stereocenters. The monoisotopic (exact) mass is 373 g/mol. The number of imide groups is 1. The summed E-state index contributed by atoms with van der Waals surface area (Å²) in [6.07, 6.45) is 1.61. The number of carbonyl (C=O) groups is 3. The molecular weight excluding hydrogens is 362 g/mol. The number of carbonyl (C=O) groups excluding carboxylic acids is 3. The van der Waals surface area contributed by atoms with Gasteiger partial charge in [0.25, 0.3) is 11.1 Å². The normalized spacial score (nSPS) is 15.3. The summed E-state index contributed by atoms with van der Waals surface area (Å²) in [6.45, 7) is 0. The summed E-state index contributed by atoms with van der Waals surface area (Å²) in [5.41, 5.74) is 1.32. The summed E-state index contributed by atoms with van der Waals surface area (Å²) < 4.78 is 5.33. The van der Waals surface area contributed by atoms with Crippen LogP contribution >= 0.6 is 23.4 Å². The highest BCUT2D eigenvalue weighted by Crippen LogP contribution is 2.33. The van der Waals surface area contributed by atoms with E-state index in [4.69, 9.17) is 16.3 Å². The van der Waals surface area contributed by atoms with Crippen LogP contribution in [0.1, 0.15) is 11.1 Å². The fourth-order valence-electron chi connectivity index (χ4n) is 2.20. The molecule has 3 rings (SSSR count). The Bertz CT molecular complexity index is 880. The van der Waals surface area contributed by atoms with Crippen LogP contribution in [-0.2, 0) is 16.0 Å². The van der Waals surface area contributed by atoms with E-state index >= 15 is 0 Å². The summed E-state index contributed by atoms with van der Waals surface area (Å²) >= 11 is 7.06. The van der Waals surface area contributed by atoms with Crippen molar-refractivity contribution in [2.45, 2.75) is 6.42 Å². The Hall–Kier alpha value is -2.57. The molecule has 1 fully saturated rings. The largest absolute Gasteiger partial charge is 0.425 e. The van der Waals surface area contributed by atoms with Crippen molar-refractivity contribution in [1.82, 2.24) is 5.32 Å². The van der Waals surface area contributed by atoms with Gasteiger partial charge in [0.05, 0.1) is 16.3 Å². The molecule has 1 aliphatic rings. The SMILES string of the molecule is O=C(Cc1ccccc1)Oc1cccc(/C=C2\SC(=O)NC2=O)c1Cl. The molecule has 7 heteroatoms. The van der Waals surface area contributed by atoms with Gasteiger partial charge < -0.3 is 4.74 Å². The first-order valence-corrected chi connectivity index (χ1v) is 8.50. The average Bonchev–Trinajstić information content (AvgIpc) is 2.89. The predicted octanol–water partition coefficient (Wildman–Crippen LogP) is 3.81. The van der Waals surface area contributed by atoms with Gasteiger partial charge in [0.1, 0.15) is 5.75 Å². The summed E-state index contributed by atoms with van der Waals surface area (Å²) in [5, 5.41) is 1.93. The molecule has 126 valence electrons. The van der Waals surface area contributed by atoms with Gasteiger partial charge in [0, 0.05) is 0 Å². The predicted molar refractivity (Wildman–Crippen MR) is 96.3 cm³/mol. The summed E-state index contributed by atoms with van der Waals surface area (Å²) in [4.78, 5) is 35.1. The molecule has 5 nitrogen and oxygen atoms in total. The van der Waals surface area contributed by atoms with E-state index in [2.05, 4.69) is 5.32 Å². The lowest BCUT2D eigenvalue weighted by Gasteiger charge is -2.08. The molecule has 2 aromatic carbocycles. The zero-order valence-electron chi connectivity index (χ0n) is 12.8. The molecule has 0 bridgehead atoms. The van der Waals surface area contributed by atoms with Crippen molar-refractivity contribution in [3.8, 4) is 5.75 Å². The van der Waals surface area contributed by atoms with Gasteiger partial charge in [-0.25, -0.2) is 0 Å². The molecule has 1 saturated heterocycles. The lowest BCUT2D eigenvalue weighted by atomic mass is 10.1. The van der Waals surface area contributed by atoms with E-state index in [0.29, 0.717) is 5.56 Å². The quantitative estimate of drug-likeness (QED) is 0.501. The zero-order valence-corrected chi connectivity index (χ0v) is 14.4. The minimum absolute atomic E-state index is 0.120. The van der Waals surface area contributed by atoms with Crippen LogP contribution in [0.15, 0.2) is 53.4 Å². The Morgan fingerprint density at radius 1 is 1.12 bits per heavy atom. The lowest BCUT2D eigenvalue weighted by molar-refractivity contribution is -0.133. The van der Waals surface area contributed by atoms with E-state index in [0.717, 1.165) is 17.3 Å². The lowest BCUT2D eigenvalue weighted by Crippen LogP contribution is -2.17. The van der Waals surface area contributed by atoms with Crippen molar-refractivity contribution in [2.24, 2.45) is 0 Å². The van der Waals surface area contributed by atoms with Gasteiger partial charge in [-0.2, -0.15) is 0 Å². The minimum Gasteiger partial charge on any atom is -0.425 e. The van der Waals surface area contributed by atoms with Crippen LogP contribution in [0.5, 0.6) is 5.75 Å². The molecule has 2 aromatic rings. The van der Waals surface area contributed by atoms with Gasteiger partial charge in [0.15, 0.2) is 0 Å². The molecule has 25 heavy (non-hydrogen) atoms. The Balaban J connectivity index is 1.77. The van der Waals surface area contributed by atoms with E-state index in [1.807, 2.05) is 30.3 Å². The van der Waals surface area contributed by atoms with Gasteiger partial charge in [-0.05, 0) is 35.0 Å². The highest BCUT2D eigenvalue weighted by molar-refractivity contribution is 8.18. The van der Waals surface area contributed by atoms with Crippen LogP contribution in [0.25, 0.3) is 6.08 Å². The highest BCUT2D eigenvalue weighted by Gasteiger charge is 2.25. The van der Waals surface area contributed by atoms with Crippen LogP contribution in [0, 0.1) is 0 Å². The van der Waals surface area contributed by atoms with Crippen LogP contribution < -0.4 is 10.1 Å². The maximum atomic E-state index is 12.1. The Kier molecular flexibility index (Phi) is 5.21. The van der Waals surface area contributed by atoms with E-state index in [9.17, 15) is 14.4 Å². The van der Waals surface area contributed by atoms with Crippen molar-refractivity contribution in [3.05, 3.63) is 69.6 Å². The molecule has 1 N–H and O–H groups in total. The molecule has 1 aliphatic heterocycles. The number of esters is 1. The third-order valence-corrected chi connectivity index (χ3v) is 4.55. The number of benzene rings is 2. The van der Waals surface area contributed by atoms with Crippen LogP contribution in [0.4, 0.5) is 4.79 Å². The fourth-order valence-corrected chi connectivity index (χ4v) is 3.09. The number of rotatable bonds is 4. The fraction of sp³-hybridized carbons (Fsp3) is 0.0556. The first kappa shape index (κ1) is 17.3. The van der Waals surface area contributed by atoms with E-state index < -0.39 is 17.1 Å². The molecular formula is C18H12ClNO4S. The summed E-state index contributed by atoms with van der Waals surface area (Å²) in [6, 6.07) is 14.1. The number of hydrogen-bond donors (Lipinski definition) is 1. The molecule has 0 saturated carbocycles. The van der Waals surface area contributed by atoms with Crippen LogP contribution in [0.3, 0.4) is 0 Å². The van der Waals surface area contributed by atoms with Crippen molar-refractivity contribution >= 4 is 46.6 Å². The van der Waals surface area contributed by atoms with Crippen LogP contribution in [0.2, 0.25) is 5.02 Å². The number of halogens is 1. The van der Waals surface area contributed by atoms with Crippen molar-refractivity contribution in [3.63, 3.8) is 0 Å². The molecule has 0 atom stereocenters. The van der Waals surface area contributed by atoms with Crippen molar-refractivity contribution in [2.75, 3.05) is 0 Å². The van der Waals surface area contributed by atoms with Gasteiger partial charge in [0.2, 0.25) is 0 Å². The van der Waals surface area contributed by atoms with Gasteiger partial charge in [-0.1, -0.05) is 54.1 Å². The number of nitrogens with one attached hydrogen (secondary N) is 1. The standard InChI is InChI=1S/C18H12ClNO4S/c19-16-12(10-14-17(22)20-18(23)25-14)7-4-8-13(16)24-15(21)9-11-5-2-1-3-6-11/h1-8,10H,9H2,(H,20,22,23)/b14-10-. The smallest absolute Gasteiger partial charge is 0.315 e. The average molecular weight is 374 g/mol. The molecule has 0 radical (unpaired) electrons. The number of thioether (sulfide) groups is 1. The Morgan fingerprint density at radius 3 is 2.56 bits per heavy atom. The second kappa shape index (κ2) is 7.55. The second-order valence-corrected chi connectivity index (χ2v) is 6.54. The van der Waals surface area contributed by atoms with E-state index in [-0.39, 0.29) is 22.1 Å². The molecule has 0 aromatic heterocycles. The maximum absolute atomic E-state index is 12.1. The molecule has 1 heterocycles. The van der Waals surface area contributed by atoms with Crippen molar-refractivity contribution < 1.29 is 19.1 Å². The third-order valence-electron chi connectivity index (χ3n) is 3.34. The third kappa shape index (κ3) is 4.29. The van der Waals surface area contributed by atoms with Gasteiger partial charge >= 0.3 is 5.97 Å². The topological polar surface area (TPSA) is 72.5 Å². The Morgan fingerprint density at radius 2 is 1.88 bits per heavy atom. The second-order valence-electron chi connectivity index (χ2n) is 5.15. The molecule has 0 aliphatic carbocycles. The Labute approximate surface area is 153 Å². The first-order valence-electron chi connectivity index (χ1n) is 7.31. The van der Waals surface area contributed by atoms with Crippen molar-refractivity contribution in [1.29, 1.82) is 0 Å². The molecule has 2 amide bonds. The van der Waals surface area contributed by atoms with Crippen LogP contribution in [-0.4, -0.2) is 17.1 Å². The van der Waals surface area contributed by atoms with E-state index in [1.165, 1.54) is 6.08 Å². The number of ether oxygens (including phenoxy) is 1. The maximum Gasteiger partial charge on any atom is 0.315 e. The van der Waals surface area contributed by atoms with E-state index in [1.54, 1.807) is 18.2 Å². The number of hydrogen-bond acceptors (Lipinski definition) is 5. The minimum atomic E-state index is -0.474. The summed E-state index contributed by atoms with van der Waals surface area (Å²) in [7, 11) is 0. The zero-order chi connectivity index (χ0) is 17.8. The summed E-state index contributed by atoms with van der Waals surface area (Å²) in [5.74, 6) is -0.717. The molecule has 0 spiro atoms. The van der Waals surface area contributed by atoms with Gasteiger partial charge in [-0.15, -0.1) is 0 Å². The highest BCUT2D eigenvalue weighted by atomic mass is 35.5. The van der Waals surface area contributed by atoms with Gasteiger partial charge in [-0.3, -0.25) is 19.7 Å².